The smallest absolute Gasteiger partial charge is 0.335 e. The monoisotopic (exact) mass is 407 g/mol. The molecule has 1 saturated heterocycles. The number of carboxylic acid groups (broad SMARTS) is 1. The maximum absolute atomic E-state index is 12.2. The first-order valence-electron chi connectivity index (χ1n) is 9.37. The number of carboxylic acids is 1. The van der Waals surface area contributed by atoms with E-state index in [0.29, 0.717) is 11.5 Å². The van der Waals surface area contributed by atoms with E-state index in [9.17, 15) is 9.00 Å². The lowest BCUT2D eigenvalue weighted by atomic mass is 10.1. The van der Waals surface area contributed by atoms with E-state index in [4.69, 9.17) is 9.84 Å². The zero-order valence-electron chi connectivity index (χ0n) is 17.3. The maximum Gasteiger partial charge on any atom is 0.335 e. The Hall–Kier alpha value is -2.34. The number of carbonyl (C=O) groups is 1. The van der Waals surface area contributed by atoms with E-state index in [1.807, 2.05) is 0 Å². The highest BCUT2D eigenvalue weighted by Crippen LogP contribution is 2.23. The van der Waals surface area contributed by atoms with Crippen LogP contribution < -0.4 is 0 Å². The molecule has 0 amide bonds. The molecule has 1 aliphatic heterocycles. The minimum absolute atomic E-state index is 0.161. The van der Waals surface area contributed by atoms with E-state index in [1.54, 1.807) is 18.4 Å². The van der Waals surface area contributed by atoms with Crippen LogP contribution in [-0.2, 0) is 20.3 Å². The average molecular weight is 408 g/mol. The van der Waals surface area contributed by atoms with E-state index in [1.165, 1.54) is 31.2 Å². The predicted molar refractivity (Wildman–Crippen MR) is 118 cm³/mol. The summed E-state index contributed by atoms with van der Waals surface area (Å²) in [5.74, 6) is -0.431. The lowest BCUT2D eigenvalue weighted by Gasteiger charge is -2.26. The second-order valence-corrected chi connectivity index (χ2v) is 7.55. The van der Waals surface area contributed by atoms with Gasteiger partial charge >= 0.3 is 5.97 Å². The van der Waals surface area contributed by atoms with Crippen molar-refractivity contribution in [2.45, 2.75) is 39.5 Å². The number of piperidine rings is 1. The van der Waals surface area contributed by atoms with Crippen LogP contribution in [0.5, 0.6) is 0 Å². The first-order chi connectivity index (χ1) is 13.3. The van der Waals surface area contributed by atoms with Crippen molar-refractivity contribution >= 4 is 16.8 Å². The summed E-state index contributed by atoms with van der Waals surface area (Å²) in [6.07, 6.45) is 13.8. The molecule has 1 N–H and O–H groups in total. The van der Waals surface area contributed by atoms with Crippen LogP contribution in [-0.4, -0.2) is 39.5 Å². The van der Waals surface area contributed by atoms with Gasteiger partial charge in [-0.15, -0.1) is 0 Å². The largest absolute Gasteiger partial charge is 0.478 e. The summed E-state index contributed by atoms with van der Waals surface area (Å²) >= 11 is 0. The summed E-state index contributed by atoms with van der Waals surface area (Å²) in [4.78, 5) is 13.4. The van der Waals surface area contributed by atoms with Gasteiger partial charge in [-0.25, -0.2) is 4.79 Å². The molecule has 1 rings (SSSR count). The van der Waals surface area contributed by atoms with Gasteiger partial charge in [-0.2, -0.15) is 0 Å². The molecule has 1 atom stereocenters. The molecule has 0 radical (unpaired) electrons. The molecule has 0 bridgehead atoms. The third kappa shape index (κ3) is 10.1. The van der Waals surface area contributed by atoms with Crippen molar-refractivity contribution in [2.75, 3.05) is 19.3 Å². The SMILES string of the molecule is C=C/C=C(\C=C)OC(=C\N1CCCCC1)/C(=C\C(=C)C(=O)O)S(C)=O.CCC. The Bertz CT molecular complexity index is 668. The molecule has 0 aromatic rings. The summed E-state index contributed by atoms with van der Waals surface area (Å²) in [5.41, 5.74) is -0.161. The summed E-state index contributed by atoms with van der Waals surface area (Å²) in [7, 11) is -1.47. The Morgan fingerprint density at radius 1 is 1.21 bits per heavy atom. The number of aliphatic carboxylic acids is 1. The number of hydrogen-bond acceptors (Lipinski definition) is 4. The molecule has 1 aliphatic rings. The van der Waals surface area contributed by atoms with Crippen LogP contribution in [0.25, 0.3) is 0 Å². The standard InChI is InChI=1S/C19H25NO4S.C3H8/c1-5-10-16(6-2)24-17(14-20-11-8-7-9-12-20)18(25(4)23)13-15(3)19(21)22;1-3-2/h5-6,10,13-14H,1-3,7-9,11-12H2,4H3,(H,21,22);3H2,1-2H3/b16-10+,17-14-,18-13+;. The zero-order valence-corrected chi connectivity index (χ0v) is 18.1. The van der Waals surface area contributed by atoms with Crippen molar-refractivity contribution in [3.63, 3.8) is 0 Å². The molecule has 1 unspecified atom stereocenters. The minimum atomic E-state index is -1.47. The van der Waals surface area contributed by atoms with Gasteiger partial charge in [-0.05, 0) is 37.5 Å². The second kappa shape index (κ2) is 14.7. The Labute approximate surface area is 171 Å². The van der Waals surface area contributed by atoms with Gasteiger partial charge in [0.05, 0.1) is 21.3 Å². The molecule has 28 heavy (non-hydrogen) atoms. The van der Waals surface area contributed by atoms with E-state index >= 15 is 0 Å². The van der Waals surface area contributed by atoms with Crippen LogP contribution >= 0.6 is 0 Å². The highest BCUT2D eigenvalue weighted by molar-refractivity contribution is 7.88. The van der Waals surface area contributed by atoms with Crippen LogP contribution in [0.2, 0.25) is 0 Å². The summed E-state index contributed by atoms with van der Waals surface area (Å²) in [5, 5.41) is 9.07. The van der Waals surface area contributed by atoms with Gasteiger partial charge in [-0.3, -0.25) is 4.21 Å². The maximum atomic E-state index is 12.2. The third-order valence-electron chi connectivity index (χ3n) is 3.53. The molecule has 6 heteroatoms. The molecule has 1 heterocycles. The molecule has 0 aromatic carbocycles. The first kappa shape index (κ1) is 25.7. The minimum Gasteiger partial charge on any atom is -0.478 e. The van der Waals surface area contributed by atoms with E-state index < -0.39 is 16.8 Å². The van der Waals surface area contributed by atoms with Gasteiger partial charge in [0.15, 0.2) is 5.76 Å². The fraction of sp³-hybridized carbons (Fsp3) is 0.409. The molecule has 0 aromatic heterocycles. The Morgan fingerprint density at radius 2 is 1.79 bits per heavy atom. The van der Waals surface area contributed by atoms with Gasteiger partial charge in [0.2, 0.25) is 0 Å². The summed E-state index contributed by atoms with van der Waals surface area (Å²) in [6, 6.07) is 0. The highest BCUT2D eigenvalue weighted by Gasteiger charge is 2.17. The molecule has 5 nitrogen and oxygen atoms in total. The number of allylic oxidation sites excluding steroid dienone is 3. The van der Waals surface area contributed by atoms with Crippen molar-refractivity contribution in [3.05, 3.63) is 72.2 Å². The zero-order chi connectivity index (χ0) is 21.5. The Kier molecular flexibility index (Phi) is 13.5. The van der Waals surface area contributed by atoms with Crippen LogP contribution in [0.4, 0.5) is 0 Å². The van der Waals surface area contributed by atoms with Gasteiger partial charge in [0, 0.05) is 25.5 Å². The Balaban J connectivity index is 0.00000227. The van der Waals surface area contributed by atoms with E-state index in [0.717, 1.165) is 25.9 Å². The lowest BCUT2D eigenvalue weighted by molar-refractivity contribution is -0.132. The van der Waals surface area contributed by atoms with Crippen LogP contribution in [0.15, 0.2) is 72.2 Å². The molecule has 0 aliphatic carbocycles. The van der Waals surface area contributed by atoms with Gasteiger partial charge in [-0.1, -0.05) is 46.1 Å². The number of rotatable bonds is 9. The van der Waals surface area contributed by atoms with Gasteiger partial charge in [0.25, 0.3) is 0 Å². The molecule has 0 spiro atoms. The molecule has 156 valence electrons. The molecule has 0 saturated carbocycles. The summed E-state index contributed by atoms with van der Waals surface area (Å²) < 4.78 is 18.1. The lowest BCUT2D eigenvalue weighted by Crippen LogP contribution is -2.25. The highest BCUT2D eigenvalue weighted by atomic mass is 32.2. The summed E-state index contributed by atoms with van der Waals surface area (Å²) in [6.45, 7) is 16.8. The van der Waals surface area contributed by atoms with Crippen molar-refractivity contribution in [3.8, 4) is 0 Å². The molecule has 1 fully saturated rings. The topological polar surface area (TPSA) is 66.8 Å². The second-order valence-electron chi connectivity index (χ2n) is 6.20. The van der Waals surface area contributed by atoms with Gasteiger partial charge < -0.3 is 14.7 Å². The van der Waals surface area contributed by atoms with E-state index in [-0.39, 0.29) is 10.5 Å². The predicted octanol–water partition coefficient (Wildman–Crippen LogP) is 4.91. The normalized spacial score (nSPS) is 16.4. The van der Waals surface area contributed by atoms with Crippen LogP contribution in [0.1, 0.15) is 39.5 Å². The number of hydrogen-bond donors (Lipinski definition) is 1. The molecular formula is C22H33NO4S. The average Bonchev–Trinajstić information content (AvgIpc) is 2.66. The van der Waals surface area contributed by atoms with Crippen molar-refractivity contribution in [2.24, 2.45) is 0 Å². The molecular weight excluding hydrogens is 374 g/mol. The van der Waals surface area contributed by atoms with Crippen molar-refractivity contribution in [1.29, 1.82) is 0 Å². The van der Waals surface area contributed by atoms with Crippen LogP contribution in [0.3, 0.4) is 0 Å². The number of likely N-dealkylation sites (tertiary alicyclic amines) is 1. The van der Waals surface area contributed by atoms with Crippen molar-refractivity contribution in [1.82, 2.24) is 4.90 Å². The van der Waals surface area contributed by atoms with E-state index in [2.05, 4.69) is 38.5 Å². The number of ether oxygens (including phenoxy) is 1. The Morgan fingerprint density at radius 3 is 2.21 bits per heavy atom. The quantitative estimate of drug-likeness (QED) is 0.334. The third-order valence-corrected chi connectivity index (χ3v) is 4.47. The van der Waals surface area contributed by atoms with Gasteiger partial charge in [0.1, 0.15) is 5.76 Å². The van der Waals surface area contributed by atoms with Crippen molar-refractivity contribution < 1.29 is 18.8 Å². The number of nitrogens with zero attached hydrogens (tertiary/aromatic N) is 1. The fourth-order valence-corrected chi connectivity index (χ4v) is 2.94. The first-order valence-corrected chi connectivity index (χ1v) is 10.9. The fourth-order valence-electron chi connectivity index (χ4n) is 2.26. The van der Waals surface area contributed by atoms with Crippen LogP contribution in [0, 0.1) is 0 Å².